The molecule has 1 aliphatic heterocycles. The van der Waals surface area contributed by atoms with Gasteiger partial charge >= 0.3 is 0 Å². The lowest BCUT2D eigenvalue weighted by atomic mass is 9.98. The van der Waals surface area contributed by atoms with Crippen LogP contribution in [0, 0.1) is 0 Å². The van der Waals surface area contributed by atoms with Crippen LogP contribution in [0.5, 0.6) is 0 Å². The Balaban J connectivity index is 2.47. The molecule has 0 saturated carbocycles. The van der Waals surface area contributed by atoms with Gasteiger partial charge in [-0.2, -0.15) is 0 Å². The van der Waals surface area contributed by atoms with Crippen molar-refractivity contribution in [3.8, 4) is 0 Å². The summed E-state index contributed by atoms with van der Waals surface area (Å²) < 4.78 is 11.0. The van der Waals surface area contributed by atoms with Crippen LogP contribution in [0.3, 0.4) is 0 Å². The number of carbonyl (C=O) groups excluding carboxylic acids is 1. The number of nitrogens with one attached hydrogen (secondary N) is 1. The molecule has 0 bridgehead atoms. The molecule has 1 fully saturated rings. The fraction of sp³-hybridized carbons (Fsp3) is 0.919. The van der Waals surface area contributed by atoms with Gasteiger partial charge in [-0.1, -0.05) is 122 Å². The summed E-state index contributed by atoms with van der Waals surface area (Å²) in [6, 6.07) is -1.16. The van der Waals surface area contributed by atoms with E-state index in [1.165, 1.54) is 44.9 Å². The minimum atomic E-state index is -1.66. The van der Waals surface area contributed by atoms with Gasteiger partial charge in [0.2, 0.25) is 5.91 Å². The maximum atomic E-state index is 12.9. The lowest BCUT2D eigenvalue weighted by molar-refractivity contribution is -0.303. The number of unbranched alkanes of at least 4 members (excludes halogenated alkanes) is 16. The molecule has 1 saturated heterocycles. The molecule has 0 aromatic rings. The standard InChI is InChI=1S/C37H71NO10/c1-3-5-7-9-10-11-12-13-14-15-16-17-18-19-21-23-25-30(41)36(46)38-28(32(42)29(40)24-22-20-8-6-4-2)27-47-37-35(45)34(44)33(43)31(26-39)48-37/h13-14,28-35,37,39-45H,3-12,15-27H2,1-2H3,(H,38,46)/b14-13-. The molecule has 0 radical (unpaired) electrons. The summed E-state index contributed by atoms with van der Waals surface area (Å²) in [5, 5.41) is 74.7. The Hall–Kier alpha value is -1.15. The van der Waals surface area contributed by atoms with E-state index in [1.54, 1.807) is 0 Å². The summed E-state index contributed by atoms with van der Waals surface area (Å²) in [5.41, 5.74) is 0. The van der Waals surface area contributed by atoms with Gasteiger partial charge in [-0.15, -0.1) is 0 Å². The van der Waals surface area contributed by atoms with Crippen molar-refractivity contribution >= 4 is 5.91 Å². The highest BCUT2D eigenvalue weighted by Gasteiger charge is 2.44. The SMILES string of the molecule is CCCCCCCC/C=C\CCCCCCCCC(O)C(=O)NC(COC1OC(CO)C(O)C(O)C1O)C(O)C(O)CCCCCCC. The number of hydrogen-bond donors (Lipinski definition) is 8. The minimum Gasteiger partial charge on any atom is -0.394 e. The third-order valence-electron chi connectivity index (χ3n) is 9.32. The van der Waals surface area contributed by atoms with Crippen molar-refractivity contribution < 1.29 is 50.0 Å². The fourth-order valence-corrected chi connectivity index (χ4v) is 6.02. The second-order valence-corrected chi connectivity index (χ2v) is 13.6. The van der Waals surface area contributed by atoms with Crippen LogP contribution in [0.25, 0.3) is 0 Å². The van der Waals surface area contributed by atoms with E-state index in [1.807, 2.05) is 0 Å². The number of amides is 1. The highest BCUT2D eigenvalue weighted by Crippen LogP contribution is 2.23. The molecule has 1 aliphatic rings. The highest BCUT2D eigenvalue weighted by atomic mass is 16.7. The topological polar surface area (TPSA) is 189 Å². The summed E-state index contributed by atoms with van der Waals surface area (Å²) in [6.07, 6.45) is 14.7. The number of aliphatic hydroxyl groups excluding tert-OH is 7. The predicted molar refractivity (Wildman–Crippen MR) is 187 cm³/mol. The van der Waals surface area contributed by atoms with Crippen LogP contribution in [-0.4, -0.2) is 110 Å². The zero-order valence-corrected chi connectivity index (χ0v) is 30.0. The third kappa shape index (κ3) is 19.3. The Labute approximate surface area is 290 Å². The lowest BCUT2D eigenvalue weighted by Crippen LogP contribution is -2.60. The number of aliphatic hydroxyl groups is 7. The van der Waals surface area contributed by atoms with E-state index in [2.05, 4.69) is 31.3 Å². The third-order valence-corrected chi connectivity index (χ3v) is 9.32. The summed E-state index contributed by atoms with van der Waals surface area (Å²) in [6.45, 7) is 3.29. The monoisotopic (exact) mass is 690 g/mol. The normalized spacial score (nSPS) is 24.1. The Morgan fingerprint density at radius 2 is 1.21 bits per heavy atom. The molecule has 8 N–H and O–H groups in total. The fourth-order valence-electron chi connectivity index (χ4n) is 6.02. The molecule has 11 heteroatoms. The first kappa shape index (κ1) is 44.9. The molecule has 0 spiro atoms. The van der Waals surface area contributed by atoms with E-state index >= 15 is 0 Å². The molecule has 284 valence electrons. The molecule has 0 aromatic heterocycles. The zero-order valence-electron chi connectivity index (χ0n) is 30.0. The van der Waals surface area contributed by atoms with E-state index in [0.29, 0.717) is 19.3 Å². The van der Waals surface area contributed by atoms with Gasteiger partial charge in [-0.05, 0) is 38.5 Å². The van der Waals surface area contributed by atoms with E-state index in [-0.39, 0.29) is 6.42 Å². The summed E-state index contributed by atoms with van der Waals surface area (Å²) in [4.78, 5) is 12.9. The van der Waals surface area contributed by atoms with Gasteiger partial charge in [-0.25, -0.2) is 0 Å². The number of allylic oxidation sites excluding steroid dienone is 2. The van der Waals surface area contributed by atoms with E-state index in [4.69, 9.17) is 9.47 Å². The van der Waals surface area contributed by atoms with Gasteiger partial charge in [0.15, 0.2) is 6.29 Å². The van der Waals surface area contributed by atoms with Crippen LogP contribution in [0.1, 0.15) is 149 Å². The number of rotatable bonds is 30. The smallest absolute Gasteiger partial charge is 0.249 e. The van der Waals surface area contributed by atoms with E-state index in [0.717, 1.165) is 64.2 Å². The first-order valence-corrected chi connectivity index (χ1v) is 19.1. The van der Waals surface area contributed by atoms with Gasteiger partial charge in [0.25, 0.3) is 0 Å². The number of carbonyl (C=O) groups is 1. The quantitative estimate of drug-likeness (QED) is 0.0402. The molecular weight excluding hydrogens is 618 g/mol. The van der Waals surface area contributed by atoms with Gasteiger partial charge in [0.1, 0.15) is 36.6 Å². The zero-order chi connectivity index (χ0) is 35.6. The Morgan fingerprint density at radius 3 is 1.75 bits per heavy atom. The first-order valence-electron chi connectivity index (χ1n) is 19.1. The summed E-state index contributed by atoms with van der Waals surface area (Å²) >= 11 is 0. The Morgan fingerprint density at radius 1 is 0.708 bits per heavy atom. The molecule has 9 unspecified atom stereocenters. The molecule has 1 heterocycles. The van der Waals surface area contributed by atoms with Crippen molar-refractivity contribution in [2.24, 2.45) is 0 Å². The lowest BCUT2D eigenvalue weighted by Gasteiger charge is -2.40. The molecule has 1 amide bonds. The van der Waals surface area contributed by atoms with Crippen molar-refractivity contribution in [2.75, 3.05) is 13.2 Å². The van der Waals surface area contributed by atoms with E-state index in [9.17, 15) is 40.5 Å². The van der Waals surface area contributed by atoms with Crippen LogP contribution < -0.4 is 5.32 Å². The average Bonchev–Trinajstić information content (AvgIpc) is 3.08. The molecule has 9 atom stereocenters. The van der Waals surface area contributed by atoms with Gasteiger partial charge in [0, 0.05) is 0 Å². The maximum absolute atomic E-state index is 12.9. The molecule has 11 nitrogen and oxygen atoms in total. The Bertz CT molecular complexity index is 800. The summed E-state index contributed by atoms with van der Waals surface area (Å²) in [5.74, 6) is -0.709. The minimum absolute atomic E-state index is 0.253. The highest BCUT2D eigenvalue weighted by molar-refractivity contribution is 5.80. The molecule has 48 heavy (non-hydrogen) atoms. The predicted octanol–water partition coefficient (Wildman–Crippen LogP) is 4.16. The van der Waals surface area contributed by atoms with E-state index < -0.39 is 74.2 Å². The number of hydrogen-bond acceptors (Lipinski definition) is 10. The second kappa shape index (κ2) is 28.5. The molecular formula is C37H71NO10. The van der Waals surface area contributed by atoms with Gasteiger partial charge < -0.3 is 50.5 Å². The Kier molecular flexibility index (Phi) is 26.7. The van der Waals surface area contributed by atoms with Crippen molar-refractivity contribution in [3.05, 3.63) is 12.2 Å². The van der Waals surface area contributed by atoms with Crippen molar-refractivity contribution in [3.63, 3.8) is 0 Å². The van der Waals surface area contributed by atoms with Crippen molar-refractivity contribution in [2.45, 2.75) is 204 Å². The summed E-state index contributed by atoms with van der Waals surface area (Å²) in [7, 11) is 0. The van der Waals surface area contributed by atoms with Crippen LogP contribution in [0.15, 0.2) is 12.2 Å². The molecule has 0 aliphatic carbocycles. The van der Waals surface area contributed by atoms with Gasteiger partial charge in [-0.3, -0.25) is 4.79 Å². The first-order chi connectivity index (χ1) is 23.2. The second-order valence-electron chi connectivity index (χ2n) is 13.6. The number of ether oxygens (including phenoxy) is 2. The molecule has 0 aromatic carbocycles. The van der Waals surface area contributed by atoms with Crippen molar-refractivity contribution in [1.82, 2.24) is 5.32 Å². The molecule has 1 rings (SSSR count). The van der Waals surface area contributed by atoms with Crippen LogP contribution in [0.2, 0.25) is 0 Å². The van der Waals surface area contributed by atoms with Crippen LogP contribution in [0.4, 0.5) is 0 Å². The van der Waals surface area contributed by atoms with Crippen LogP contribution >= 0.6 is 0 Å². The average molecular weight is 690 g/mol. The largest absolute Gasteiger partial charge is 0.394 e. The van der Waals surface area contributed by atoms with Crippen LogP contribution in [-0.2, 0) is 14.3 Å². The van der Waals surface area contributed by atoms with Gasteiger partial charge in [0.05, 0.1) is 25.4 Å². The van der Waals surface area contributed by atoms with Crippen molar-refractivity contribution in [1.29, 1.82) is 0 Å². The maximum Gasteiger partial charge on any atom is 0.249 e.